The summed E-state index contributed by atoms with van der Waals surface area (Å²) in [5.41, 5.74) is 0.824. The van der Waals surface area contributed by atoms with Crippen molar-refractivity contribution in [3.05, 3.63) is 36.7 Å². The van der Waals surface area contributed by atoms with Gasteiger partial charge in [-0.25, -0.2) is 0 Å². The first-order chi connectivity index (χ1) is 9.04. The molecule has 2 heterocycles. The SMILES string of the molecule is COCCn1ncc(Br)c1C(=O)c1cc(Cl)sc1Cl. The van der Waals surface area contributed by atoms with E-state index in [1.54, 1.807) is 24.1 Å². The van der Waals surface area contributed by atoms with Gasteiger partial charge in [-0.2, -0.15) is 5.10 Å². The number of carbonyl (C=O) groups is 1. The van der Waals surface area contributed by atoms with Gasteiger partial charge in [0.25, 0.3) is 0 Å². The number of hydrogen-bond acceptors (Lipinski definition) is 4. The smallest absolute Gasteiger partial charge is 0.214 e. The fourth-order valence-electron chi connectivity index (χ4n) is 1.56. The highest BCUT2D eigenvalue weighted by molar-refractivity contribution is 9.10. The van der Waals surface area contributed by atoms with E-state index in [1.165, 1.54) is 0 Å². The Labute approximate surface area is 132 Å². The normalized spacial score (nSPS) is 10.9. The molecule has 0 aliphatic carbocycles. The fraction of sp³-hybridized carbons (Fsp3) is 0.273. The minimum Gasteiger partial charge on any atom is -0.383 e. The zero-order chi connectivity index (χ0) is 14.0. The van der Waals surface area contributed by atoms with Crippen molar-refractivity contribution in [2.24, 2.45) is 0 Å². The van der Waals surface area contributed by atoms with E-state index in [1.807, 2.05) is 0 Å². The van der Waals surface area contributed by atoms with Crippen molar-refractivity contribution >= 4 is 56.3 Å². The van der Waals surface area contributed by atoms with E-state index in [2.05, 4.69) is 21.0 Å². The topological polar surface area (TPSA) is 44.1 Å². The van der Waals surface area contributed by atoms with Gasteiger partial charge in [-0.3, -0.25) is 9.48 Å². The average molecular weight is 384 g/mol. The van der Waals surface area contributed by atoms with Crippen molar-refractivity contribution in [2.75, 3.05) is 13.7 Å². The van der Waals surface area contributed by atoms with Gasteiger partial charge in [-0.05, 0) is 22.0 Å². The Morgan fingerprint density at radius 1 is 1.58 bits per heavy atom. The van der Waals surface area contributed by atoms with Gasteiger partial charge in [-0.1, -0.05) is 23.2 Å². The first kappa shape index (κ1) is 15.0. The number of ketones is 1. The van der Waals surface area contributed by atoms with Crippen LogP contribution in [0.25, 0.3) is 0 Å². The van der Waals surface area contributed by atoms with Crippen LogP contribution < -0.4 is 0 Å². The van der Waals surface area contributed by atoms with E-state index in [9.17, 15) is 4.79 Å². The summed E-state index contributed by atoms with van der Waals surface area (Å²) in [4.78, 5) is 12.5. The molecule has 4 nitrogen and oxygen atoms in total. The molecule has 0 spiro atoms. The Kier molecular flexibility index (Phi) is 5.03. The average Bonchev–Trinajstić information content (AvgIpc) is 2.89. The number of rotatable bonds is 5. The largest absolute Gasteiger partial charge is 0.383 e. The molecule has 0 N–H and O–H groups in total. The predicted octanol–water partition coefficient (Wildman–Crippen LogP) is 3.89. The monoisotopic (exact) mass is 382 g/mol. The van der Waals surface area contributed by atoms with E-state index in [0.717, 1.165) is 11.3 Å². The maximum absolute atomic E-state index is 12.5. The Morgan fingerprint density at radius 2 is 2.32 bits per heavy atom. The van der Waals surface area contributed by atoms with E-state index >= 15 is 0 Å². The highest BCUT2D eigenvalue weighted by Gasteiger charge is 2.22. The minimum atomic E-state index is -0.214. The molecule has 0 fully saturated rings. The molecule has 19 heavy (non-hydrogen) atoms. The molecule has 0 aromatic carbocycles. The number of thiophene rings is 1. The molecule has 2 aromatic rings. The van der Waals surface area contributed by atoms with Crippen molar-refractivity contribution in [3.63, 3.8) is 0 Å². The molecule has 0 saturated carbocycles. The molecule has 0 radical (unpaired) electrons. The standard InChI is InChI=1S/C11H9BrCl2N2O2S/c1-18-3-2-16-9(7(12)5-15-16)10(17)6-4-8(13)19-11(6)14/h4-5H,2-3H2,1H3. The third-order valence-electron chi connectivity index (χ3n) is 2.42. The Morgan fingerprint density at radius 3 is 2.89 bits per heavy atom. The van der Waals surface area contributed by atoms with E-state index < -0.39 is 0 Å². The van der Waals surface area contributed by atoms with Crippen molar-refractivity contribution in [1.82, 2.24) is 9.78 Å². The molecule has 2 aromatic heterocycles. The third kappa shape index (κ3) is 3.20. The van der Waals surface area contributed by atoms with Crippen molar-refractivity contribution in [2.45, 2.75) is 6.54 Å². The second-order valence-corrected chi connectivity index (χ2v) is 6.76. The summed E-state index contributed by atoms with van der Waals surface area (Å²) in [6, 6.07) is 1.57. The quantitative estimate of drug-likeness (QED) is 0.735. The lowest BCUT2D eigenvalue weighted by Gasteiger charge is -2.06. The lowest BCUT2D eigenvalue weighted by atomic mass is 10.1. The maximum atomic E-state index is 12.5. The van der Waals surface area contributed by atoms with Crippen LogP contribution in [0, 0.1) is 0 Å². The van der Waals surface area contributed by atoms with Gasteiger partial charge in [0.1, 0.15) is 10.0 Å². The highest BCUT2D eigenvalue weighted by atomic mass is 79.9. The van der Waals surface area contributed by atoms with Gasteiger partial charge in [0.05, 0.1) is 33.7 Å². The number of halogens is 3. The van der Waals surface area contributed by atoms with Gasteiger partial charge < -0.3 is 4.74 Å². The summed E-state index contributed by atoms with van der Waals surface area (Å²) in [6.07, 6.45) is 1.57. The van der Waals surface area contributed by atoms with Gasteiger partial charge in [0, 0.05) is 7.11 Å². The number of ether oxygens (including phenoxy) is 1. The van der Waals surface area contributed by atoms with Crippen LogP contribution in [-0.2, 0) is 11.3 Å². The highest BCUT2D eigenvalue weighted by Crippen LogP contribution is 2.33. The van der Waals surface area contributed by atoms with Crippen LogP contribution in [0.4, 0.5) is 0 Å². The van der Waals surface area contributed by atoms with Crippen molar-refractivity contribution in [1.29, 1.82) is 0 Å². The van der Waals surface area contributed by atoms with Crippen LogP contribution in [-0.4, -0.2) is 29.3 Å². The van der Waals surface area contributed by atoms with Gasteiger partial charge in [0.15, 0.2) is 0 Å². The summed E-state index contributed by atoms with van der Waals surface area (Å²) < 4.78 is 8.04. The second kappa shape index (κ2) is 6.37. The minimum absolute atomic E-state index is 0.214. The second-order valence-electron chi connectivity index (χ2n) is 3.62. The first-order valence-corrected chi connectivity index (χ1v) is 7.61. The fourth-order valence-corrected chi connectivity index (χ4v) is 3.49. The number of nitrogens with zero attached hydrogens (tertiary/aromatic N) is 2. The summed E-state index contributed by atoms with van der Waals surface area (Å²) in [5.74, 6) is -0.214. The Balaban J connectivity index is 2.38. The lowest BCUT2D eigenvalue weighted by Crippen LogP contribution is -2.14. The van der Waals surface area contributed by atoms with Crippen LogP contribution in [0.15, 0.2) is 16.7 Å². The number of methoxy groups -OCH3 is 1. The summed E-state index contributed by atoms with van der Waals surface area (Å²) in [7, 11) is 1.59. The maximum Gasteiger partial charge on any atom is 0.214 e. The Hall–Kier alpha value is -0.400. The third-order valence-corrected chi connectivity index (χ3v) is 4.49. The van der Waals surface area contributed by atoms with Crippen LogP contribution >= 0.6 is 50.5 Å². The Bertz CT molecular complexity index is 612. The zero-order valence-corrected chi connectivity index (χ0v) is 13.7. The van der Waals surface area contributed by atoms with Crippen LogP contribution in [0.2, 0.25) is 8.67 Å². The van der Waals surface area contributed by atoms with E-state index in [0.29, 0.717) is 37.6 Å². The molecule has 0 amide bonds. The molecule has 0 bridgehead atoms. The summed E-state index contributed by atoms with van der Waals surface area (Å²) >= 11 is 16.4. The molecule has 0 aliphatic rings. The zero-order valence-electron chi connectivity index (χ0n) is 9.82. The molecule has 0 atom stereocenters. The summed E-state index contributed by atoms with van der Waals surface area (Å²) in [5, 5.41) is 4.13. The van der Waals surface area contributed by atoms with E-state index in [4.69, 9.17) is 27.9 Å². The van der Waals surface area contributed by atoms with Gasteiger partial charge in [0.2, 0.25) is 5.78 Å². The molecule has 0 unspecified atom stereocenters. The van der Waals surface area contributed by atoms with Gasteiger partial charge in [-0.15, -0.1) is 11.3 Å². The molecular weight excluding hydrogens is 375 g/mol. The van der Waals surface area contributed by atoms with Gasteiger partial charge >= 0.3 is 0 Å². The number of carbonyl (C=O) groups excluding carboxylic acids is 1. The summed E-state index contributed by atoms with van der Waals surface area (Å²) in [6.45, 7) is 0.950. The number of hydrogen-bond donors (Lipinski definition) is 0. The molecule has 0 saturated heterocycles. The van der Waals surface area contributed by atoms with Crippen molar-refractivity contribution in [3.8, 4) is 0 Å². The lowest BCUT2D eigenvalue weighted by molar-refractivity contribution is 0.102. The predicted molar refractivity (Wildman–Crippen MR) is 79.6 cm³/mol. The number of aromatic nitrogens is 2. The molecule has 102 valence electrons. The molecule has 0 aliphatic heterocycles. The molecule has 2 rings (SSSR count). The van der Waals surface area contributed by atoms with Crippen molar-refractivity contribution < 1.29 is 9.53 Å². The van der Waals surface area contributed by atoms with Crippen LogP contribution in [0.3, 0.4) is 0 Å². The van der Waals surface area contributed by atoms with E-state index in [-0.39, 0.29) is 5.78 Å². The molecule has 8 heteroatoms. The van der Waals surface area contributed by atoms with Crippen LogP contribution in [0.5, 0.6) is 0 Å². The van der Waals surface area contributed by atoms with Crippen LogP contribution in [0.1, 0.15) is 16.1 Å². The molecular formula is C11H9BrCl2N2O2S. The first-order valence-electron chi connectivity index (χ1n) is 5.24.